The summed E-state index contributed by atoms with van der Waals surface area (Å²) in [4.78, 5) is 26.3. The third-order valence-electron chi connectivity index (χ3n) is 4.60. The highest BCUT2D eigenvalue weighted by Gasteiger charge is 2.33. The fourth-order valence-corrected chi connectivity index (χ4v) is 4.45. The van der Waals surface area contributed by atoms with E-state index in [4.69, 9.17) is 4.74 Å². The van der Waals surface area contributed by atoms with Crippen LogP contribution in [0.25, 0.3) is 0 Å². The molecule has 0 unspecified atom stereocenters. The van der Waals surface area contributed by atoms with Crippen molar-refractivity contribution in [1.29, 1.82) is 0 Å². The molecule has 1 saturated heterocycles. The van der Waals surface area contributed by atoms with Gasteiger partial charge in [-0.25, -0.2) is 13.2 Å². The summed E-state index contributed by atoms with van der Waals surface area (Å²) < 4.78 is 32.1. The first-order valence-electron chi connectivity index (χ1n) is 9.04. The zero-order valence-corrected chi connectivity index (χ0v) is 16.6. The molecule has 3 rings (SSSR count). The van der Waals surface area contributed by atoms with Gasteiger partial charge >= 0.3 is 11.7 Å². The minimum atomic E-state index is -3.62. The summed E-state index contributed by atoms with van der Waals surface area (Å²) in [6.45, 7) is 2.07. The van der Waals surface area contributed by atoms with Gasteiger partial charge in [-0.1, -0.05) is 18.2 Å². The number of rotatable bonds is 5. The van der Waals surface area contributed by atoms with Gasteiger partial charge in [0, 0.05) is 38.3 Å². The average Bonchev–Trinajstić information content (AvgIpc) is 2.74. The third-order valence-corrected chi connectivity index (χ3v) is 6.51. The number of esters is 1. The molecule has 10 heteroatoms. The smallest absolute Gasteiger partial charge is 0.405 e. The van der Waals surface area contributed by atoms with E-state index < -0.39 is 28.0 Å². The molecule has 29 heavy (non-hydrogen) atoms. The van der Waals surface area contributed by atoms with E-state index in [2.05, 4.69) is 0 Å². The van der Waals surface area contributed by atoms with Crippen molar-refractivity contribution in [1.82, 2.24) is 9.21 Å². The fourth-order valence-electron chi connectivity index (χ4n) is 3.01. The minimum Gasteiger partial charge on any atom is -0.618 e. The highest BCUT2D eigenvalue weighted by molar-refractivity contribution is 7.89. The van der Waals surface area contributed by atoms with Crippen LogP contribution in [0.2, 0.25) is 0 Å². The number of aromatic nitrogens is 1. The van der Waals surface area contributed by atoms with Gasteiger partial charge in [-0.15, -0.1) is 0 Å². The molecule has 0 saturated carbocycles. The lowest BCUT2D eigenvalue weighted by atomic mass is 10.3. The Morgan fingerprint density at radius 3 is 2.28 bits per heavy atom. The molecule has 154 valence electrons. The number of amides is 1. The van der Waals surface area contributed by atoms with E-state index in [1.807, 2.05) is 0 Å². The van der Waals surface area contributed by atoms with Gasteiger partial charge in [-0.05, 0) is 25.1 Å². The molecule has 0 spiro atoms. The van der Waals surface area contributed by atoms with Crippen LogP contribution >= 0.6 is 0 Å². The quantitative estimate of drug-likeness (QED) is 0.394. The number of nitrogens with zero attached hydrogens (tertiary/aromatic N) is 3. The van der Waals surface area contributed by atoms with Crippen LogP contribution in [0, 0.1) is 5.21 Å². The van der Waals surface area contributed by atoms with Gasteiger partial charge in [-0.2, -0.15) is 9.04 Å². The molecule has 1 amide bonds. The Bertz CT molecular complexity index is 988. The number of carbonyl (C=O) groups excluding carboxylic acids is 2. The lowest BCUT2D eigenvalue weighted by Crippen LogP contribution is -2.53. The summed E-state index contributed by atoms with van der Waals surface area (Å²) in [5, 5.41) is 11.6. The normalized spacial score (nSPS) is 16.2. The van der Waals surface area contributed by atoms with Crippen molar-refractivity contribution in [2.24, 2.45) is 0 Å². The van der Waals surface area contributed by atoms with Crippen molar-refractivity contribution in [3.63, 3.8) is 0 Å². The van der Waals surface area contributed by atoms with Crippen LogP contribution in [-0.4, -0.2) is 61.8 Å². The number of pyridine rings is 1. The Morgan fingerprint density at radius 2 is 1.66 bits per heavy atom. The summed E-state index contributed by atoms with van der Waals surface area (Å²) in [6.07, 6.45) is 0.0649. The Labute approximate surface area is 168 Å². The minimum absolute atomic E-state index is 0.142. The van der Waals surface area contributed by atoms with E-state index in [1.165, 1.54) is 46.5 Å². The predicted molar refractivity (Wildman–Crippen MR) is 102 cm³/mol. The molecule has 0 aliphatic carbocycles. The Hall–Kier alpha value is -2.98. The zero-order valence-electron chi connectivity index (χ0n) is 15.8. The van der Waals surface area contributed by atoms with Gasteiger partial charge < -0.3 is 14.8 Å². The summed E-state index contributed by atoms with van der Waals surface area (Å²) in [5.41, 5.74) is -0.217. The summed E-state index contributed by atoms with van der Waals surface area (Å²) in [5.74, 6) is -1.34. The molecule has 1 fully saturated rings. The van der Waals surface area contributed by atoms with Crippen molar-refractivity contribution >= 4 is 21.9 Å². The molecule has 0 radical (unpaired) electrons. The van der Waals surface area contributed by atoms with Crippen molar-refractivity contribution in [3.05, 3.63) is 65.6 Å². The maximum atomic E-state index is 12.7. The van der Waals surface area contributed by atoms with Crippen LogP contribution in [0.5, 0.6) is 0 Å². The van der Waals surface area contributed by atoms with Crippen molar-refractivity contribution < 1.29 is 27.5 Å². The van der Waals surface area contributed by atoms with Crippen LogP contribution in [-0.2, 0) is 19.6 Å². The number of ether oxygens (including phenoxy) is 1. The first-order valence-corrected chi connectivity index (χ1v) is 10.5. The van der Waals surface area contributed by atoms with Crippen molar-refractivity contribution in [2.75, 3.05) is 26.2 Å². The fraction of sp³-hybridized carbons (Fsp3) is 0.316. The highest BCUT2D eigenvalue weighted by Crippen LogP contribution is 2.17. The number of benzene rings is 1. The van der Waals surface area contributed by atoms with E-state index in [9.17, 15) is 23.2 Å². The molecular weight excluding hydrogens is 398 g/mol. The highest BCUT2D eigenvalue weighted by atomic mass is 32.2. The van der Waals surface area contributed by atoms with Gasteiger partial charge in [0.15, 0.2) is 12.3 Å². The Kier molecular flexibility index (Phi) is 6.14. The van der Waals surface area contributed by atoms with Gasteiger partial charge in [0.2, 0.25) is 10.0 Å². The maximum absolute atomic E-state index is 12.7. The second-order valence-corrected chi connectivity index (χ2v) is 8.44. The second kappa shape index (κ2) is 8.58. The predicted octanol–water partition coefficient (Wildman–Crippen LogP) is 0.398. The average molecular weight is 419 g/mol. The molecule has 1 aromatic carbocycles. The molecule has 1 aromatic heterocycles. The Balaban J connectivity index is 1.58. The number of hydrogen-bond acceptors (Lipinski definition) is 6. The van der Waals surface area contributed by atoms with Crippen LogP contribution in [0.1, 0.15) is 17.4 Å². The van der Waals surface area contributed by atoms with E-state index in [0.717, 1.165) is 6.20 Å². The molecule has 0 bridgehead atoms. The molecule has 0 N–H and O–H groups in total. The molecule has 1 atom stereocenters. The number of hydrogen-bond donors (Lipinski definition) is 0. The van der Waals surface area contributed by atoms with E-state index in [0.29, 0.717) is 4.73 Å². The maximum Gasteiger partial charge on any atom is 0.405 e. The van der Waals surface area contributed by atoms with Gasteiger partial charge in [0.05, 0.1) is 4.90 Å². The summed E-state index contributed by atoms with van der Waals surface area (Å²) in [6, 6.07) is 12.4. The van der Waals surface area contributed by atoms with E-state index in [-0.39, 0.29) is 36.8 Å². The SMILES string of the molecule is C[C@H](OC(=O)c1cccc[n+]1[O-])C(=O)N1CCN(S(=O)(=O)c2ccccc2)CC1. The molecule has 1 aliphatic heterocycles. The molecule has 2 heterocycles. The topological polar surface area (TPSA) is 111 Å². The van der Waals surface area contributed by atoms with Crippen LogP contribution in [0.3, 0.4) is 0 Å². The van der Waals surface area contributed by atoms with E-state index >= 15 is 0 Å². The molecular formula is C19H21N3O6S. The van der Waals surface area contributed by atoms with E-state index in [1.54, 1.807) is 18.2 Å². The first kappa shape index (κ1) is 20.7. The van der Waals surface area contributed by atoms with Crippen molar-refractivity contribution in [2.45, 2.75) is 17.9 Å². The number of carbonyl (C=O) groups is 2. The first-order chi connectivity index (χ1) is 13.8. The summed E-state index contributed by atoms with van der Waals surface area (Å²) >= 11 is 0. The summed E-state index contributed by atoms with van der Waals surface area (Å²) in [7, 11) is -3.62. The lowest BCUT2D eigenvalue weighted by Gasteiger charge is -2.35. The second-order valence-electron chi connectivity index (χ2n) is 6.50. The van der Waals surface area contributed by atoms with Crippen LogP contribution < -0.4 is 4.73 Å². The number of piperazine rings is 1. The third kappa shape index (κ3) is 4.54. The number of sulfonamides is 1. The van der Waals surface area contributed by atoms with Gasteiger partial charge in [0.25, 0.3) is 5.91 Å². The molecule has 9 nitrogen and oxygen atoms in total. The Morgan fingerprint density at radius 1 is 1.03 bits per heavy atom. The van der Waals surface area contributed by atoms with Crippen LogP contribution in [0.15, 0.2) is 59.6 Å². The lowest BCUT2D eigenvalue weighted by molar-refractivity contribution is -0.608. The molecule has 2 aromatic rings. The van der Waals surface area contributed by atoms with Crippen LogP contribution in [0.4, 0.5) is 0 Å². The monoisotopic (exact) mass is 419 g/mol. The van der Waals surface area contributed by atoms with Crippen molar-refractivity contribution in [3.8, 4) is 0 Å². The standard InChI is InChI=1S/C19H21N3O6S/c1-15(28-19(24)17-9-5-6-10-22(17)25)18(23)20-11-13-21(14-12-20)29(26,27)16-7-3-2-4-8-16/h2-10,15H,11-14H2,1H3/t15-/m0/s1. The zero-order chi connectivity index (χ0) is 21.0. The largest absolute Gasteiger partial charge is 0.618 e. The van der Waals surface area contributed by atoms with Gasteiger partial charge in [-0.3, -0.25) is 4.79 Å². The van der Waals surface area contributed by atoms with Gasteiger partial charge in [0.1, 0.15) is 0 Å². The molecule has 1 aliphatic rings.